The molecular formula is C14H19FN2O2. The van der Waals surface area contributed by atoms with Crippen molar-refractivity contribution in [2.75, 3.05) is 46.5 Å². The van der Waals surface area contributed by atoms with Gasteiger partial charge in [0, 0.05) is 31.7 Å². The van der Waals surface area contributed by atoms with E-state index in [4.69, 9.17) is 9.47 Å². The zero-order valence-corrected chi connectivity index (χ0v) is 11.1. The van der Waals surface area contributed by atoms with Gasteiger partial charge in [0.15, 0.2) is 0 Å². The van der Waals surface area contributed by atoms with E-state index in [0.29, 0.717) is 13.2 Å². The van der Waals surface area contributed by atoms with Crippen LogP contribution < -0.4 is 10.1 Å². The van der Waals surface area contributed by atoms with E-state index in [9.17, 15) is 4.39 Å². The van der Waals surface area contributed by atoms with Gasteiger partial charge in [0.05, 0.1) is 25.9 Å². The molecule has 2 fully saturated rings. The predicted octanol–water partition coefficient (Wildman–Crippen LogP) is 0.965. The van der Waals surface area contributed by atoms with Crippen LogP contribution >= 0.6 is 0 Å². The molecule has 3 rings (SSSR count). The summed E-state index contributed by atoms with van der Waals surface area (Å²) >= 11 is 0. The summed E-state index contributed by atoms with van der Waals surface area (Å²) in [4.78, 5) is 2.38. The van der Waals surface area contributed by atoms with Crippen LogP contribution in [0.1, 0.15) is 5.56 Å². The second-order valence-corrected chi connectivity index (χ2v) is 5.11. The van der Waals surface area contributed by atoms with Crippen LogP contribution in [-0.4, -0.2) is 51.4 Å². The molecule has 1 aromatic carbocycles. The van der Waals surface area contributed by atoms with Gasteiger partial charge >= 0.3 is 0 Å². The molecule has 0 bridgehead atoms. The van der Waals surface area contributed by atoms with E-state index in [0.717, 1.165) is 37.5 Å². The third-order valence-electron chi connectivity index (χ3n) is 4.07. The molecule has 0 atom stereocenters. The minimum absolute atomic E-state index is 0.225. The molecule has 1 aromatic rings. The van der Waals surface area contributed by atoms with Gasteiger partial charge < -0.3 is 14.8 Å². The number of nitrogens with zero attached hydrogens (tertiary/aromatic N) is 1. The molecule has 19 heavy (non-hydrogen) atoms. The molecule has 0 unspecified atom stereocenters. The number of piperazine rings is 1. The van der Waals surface area contributed by atoms with Crippen LogP contribution in [0.4, 0.5) is 4.39 Å². The lowest BCUT2D eigenvalue weighted by molar-refractivity contribution is -0.150. The van der Waals surface area contributed by atoms with Gasteiger partial charge in [-0.1, -0.05) is 0 Å². The second kappa shape index (κ2) is 5.07. The van der Waals surface area contributed by atoms with Crippen LogP contribution in [-0.2, 0) is 10.3 Å². The Morgan fingerprint density at radius 3 is 2.63 bits per heavy atom. The first-order chi connectivity index (χ1) is 9.26. The van der Waals surface area contributed by atoms with E-state index < -0.39 is 0 Å². The maximum Gasteiger partial charge on any atom is 0.124 e. The Bertz CT molecular complexity index is 457. The molecule has 2 heterocycles. The summed E-state index contributed by atoms with van der Waals surface area (Å²) in [5.41, 5.74) is 0.679. The highest BCUT2D eigenvalue weighted by molar-refractivity contribution is 5.41. The Morgan fingerprint density at radius 2 is 2.05 bits per heavy atom. The molecule has 0 aliphatic carbocycles. The van der Waals surface area contributed by atoms with Crippen molar-refractivity contribution >= 4 is 0 Å². The van der Waals surface area contributed by atoms with Gasteiger partial charge in [0.1, 0.15) is 11.6 Å². The first-order valence-corrected chi connectivity index (χ1v) is 6.64. The molecule has 0 spiro atoms. The third kappa shape index (κ3) is 2.12. The van der Waals surface area contributed by atoms with Crippen LogP contribution in [0.3, 0.4) is 0 Å². The average molecular weight is 266 g/mol. The molecule has 4 nitrogen and oxygen atoms in total. The Labute approximate surface area is 112 Å². The second-order valence-electron chi connectivity index (χ2n) is 5.11. The van der Waals surface area contributed by atoms with Crippen molar-refractivity contribution in [3.05, 3.63) is 29.6 Å². The summed E-state index contributed by atoms with van der Waals surface area (Å²) in [5.74, 6) is 0.514. The Hall–Kier alpha value is -1.17. The summed E-state index contributed by atoms with van der Waals surface area (Å²) < 4.78 is 24.5. The van der Waals surface area contributed by atoms with Crippen molar-refractivity contribution in [2.24, 2.45) is 0 Å². The number of rotatable bonds is 3. The first kappa shape index (κ1) is 12.8. The SMILES string of the molecule is COc1ccc(F)cc1C1(N2CCNCC2)COC1. The van der Waals surface area contributed by atoms with E-state index in [1.54, 1.807) is 19.2 Å². The molecule has 5 heteroatoms. The van der Waals surface area contributed by atoms with Crippen LogP contribution in [0.15, 0.2) is 18.2 Å². The lowest BCUT2D eigenvalue weighted by Gasteiger charge is -2.51. The average Bonchev–Trinajstić information content (AvgIpc) is 2.39. The van der Waals surface area contributed by atoms with Crippen molar-refractivity contribution in [3.8, 4) is 5.75 Å². The van der Waals surface area contributed by atoms with Crippen LogP contribution in [0.5, 0.6) is 5.75 Å². The maximum absolute atomic E-state index is 13.6. The smallest absolute Gasteiger partial charge is 0.124 e. The number of hydrogen-bond acceptors (Lipinski definition) is 4. The molecule has 0 aromatic heterocycles. The Kier molecular flexibility index (Phi) is 3.43. The molecule has 0 saturated carbocycles. The standard InChI is InChI=1S/C14H19FN2O2/c1-18-13-3-2-11(15)8-12(13)14(9-19-10-14)17-6-4-16-5-7-17/h2-3,8,16H,4-7,9-10H2,1H3. The third-order valence-corrected chi connectivity index (χ3v) is 4.07. The maximum atomic E-state index is 13.6. The highest BCUT2D eigenvalue weighted by Gasteiger charge is 2.47. The molecular weight excluding hydrogens is 247 g/mol. The minimum Gasteiger partial charge on any atom is -0.496 e. The molecule has 104 valence electrons. The summed E-state index contributed by atoms with van der Waals surface area (Å²) in [7, 11) is 1.63. The molecule has 0 amide bonds. The van der Waals surface area contributed by atoms with Crippen molar-refractivity contribution < 1.29 is 13.9 Å². The Balaban J connectivity index is 1.99. The highest BCUT2D eigenvalue weighted by atomic mass is 19.1. The zero-order valence-electron chi connectivity index (χ0n) is 11.1. The molecule has 2 saturated heterocycles. The minimum atomic E-state index is -0.227. The molecule has 1 N–H and O–H groups in total. The first-order valence-electron chi connectivity index (χ1n) is 6.64. The van der Waals surface area contributed by atoms with Gasteiger partial charge in [0.2, 0.25) is 0 Å². The quantitative estimate of drug-likeness (QED) is 0.884. The molecule has 0 radical (unpaired) electrons. The highest BCUT2D eigenvalue weighted by Crippen LogP contribution is 2.41. The predicted molar refractivity (Wildman–Crippen MR) is 69.9 cm³/mol. The lowest BCUT2D eigenvalue weighted by atomic mass is 9.84. The summed E-state index contributed by atoms with van der Waals surface area (Å²) in [6, 6.07) is 4.73. The van der Waals surface area contributed by atoms with Crippen molar-refractivity contribution in [1.82, 2.24) is 10.2 Å². The monoisotopic (exact) mass is 266 g/mol. The van der Waals surface area contributed by atoms with Gasteiger partial charge in [-0.2, -0.15) is 0 Å². The Morgan fingerprint density at radius 1 is 1.32 bits per heavy atom. The molecule has 2 aliphatic heterocycles. The topological polar surface area (TPSA) is 33.7 Å². The van der Waals surface area contributed by atoms with Gasteiger partial charge in [-0.25, -0.2) is 4.39 Å². The number of halogens is 1. The number of nitrogens with one attached hydrogen (secondary N) is 1. The van der Waals surface area contributed by atoms with E-state index >= 15 is 0 Å². The largest absolute Gasteiger partial charge is 0.496 e. The van der Waals surface area contributed by atoms with E-state index in [1.165, 1.54) is 6.07 Å². The summed E-state index contributed by atoms with van der Waals surface area (Å²) in [6.45, 7) is 5.02. The van der Waals surface area contributed by atoms with E-state index in [2.05, 4.69) is 10.2 Å². The van der Waals surface area contributed by atoms with Gasteiger partial charge in [0.25, 0.3) is 0 Å². The summed E-state index contributed by atoms with van der Waals surface area (Å²) in [5, 5.41) is 3.34. The van der Waals surface area contributed by atoms with Gasteiger partial charge in [-0.3, -0.25) is 4.90 Å². The fraction of sp³-hybridized carbons (Fsp3) is 0.571. The fourth-order valence-corrected chi connectivity index (χ4v) is 2.94. The number of ether oxygens (including phenoxy) is 2. The lowest BCUT2D eigenvalue weighted by Crippen LogP contribution is -2.63. The number of benzene rings is 1. The van der Waals surface area contributed by atoms with E-state index in [1.807, 2.05) is 0 Å². The number of hydrogen-bond donors (Lipinski definition) is 1. The van der Waals surface area contributed by atoms with Gasteiger partial charge in [-0.05, 0) is 18.2 Å². The summed E-state index contributed by atoms with van der Waals surface area (Å²) in [6.07, 6.45) is 0. The van der Waals surface area contributed by atoms with Crippen molar-refractivity contribution in [1.29, 1.82) is 0 Å². The van der Waals surface area contributed by atoms with Crippen LogP contribution in [0.25, 0.3) is 0 Å². The zero-order chi connectivity index (χ0) is 13.3. The van der Waals surface area contributed by atoms with E-state index in [-0.39, 0.29) is 11.4 Å². The fourth-order valence-electron chi connectivity index (χ4n) is 2.94. The molecule has 2 aliphatic rings. The van der Waals surface area contributed by atoms with Gasteiger partial charge in [-0.15, -0.1) is 0 Å². The number of methoxy groups -OCH3 is 1. The van der Waals surface area contributed by atoms with Crippen molar-refractivity contribution in [2.45, 2.75) is 5.54 Å². The van der Waals surface area contributed by atoms with Crippen molar-refractivity contribution in [3.63, 3.8) is 0 Å². The normalized spacial score (nSPS) is 22.8. The van der Waals surface area contributed by atoms with Crippen LogP contribution in [0, 0.1) is 5.82 Å². The van der Waals surface area contributed by atoms with Crippen LogP contribution in [0.2, 0.25) is 0 Å².